The molecule has 136 valence electrons. The molecule has 6 heteroatoms. The van der Waals surface area contributed by atoms with Crippen molar-refractivity contribution in [2.45, 2.75) is 19.9 Å². The van der Waals surface area contributed by atoms with Crippen molar-refractivity contribution in [3.8, 4) is 0 Å². The van der Waals surface area contributed by atoms with Crippen LogP contribution in [-0.4, -0.2) is 16.9 Å². The average Bonchev–Trinajstić information content (AvgIpc) is 3.13. The summed E-state index contributed by atoms with van der Waals surface area (Å²) in [5, 5.41) is 13.8. The van der Waals surface area contributed by atoms with Crippen LogP contribution in [0.1, 0.15) is 24.2 Å². The Morgan fingerprint density at radius 1 is 1.04 bits per heavy atom. The monoisotopic (exact) mass is 487 g/mol. The number of pyridine rings is 1. The number of benzene rings is 2. The van der Waals surface area contributed by atoms with Crippen LogP contribution in [0.4, 0.5) is 11.5 Å². The molecule has 0 aliphatic rings. The second kappa shape index (κ2) is 7.44. The van der Waals surface area contributed by atoms with Crippen molar-refractivity contribution >= 4 is 73.0 Å². The number of nitrogens with zero attached hydrogens (tertiary/aromatic N) is 1. The number of carbonyl (C=O) groups is 1. The number of carbonyl (C=O) groups excluding carboxylic acids is 1. The van der Waals surface area contributed by atoms with E-state index in [1.165, 1.54) is 0 Å². The molecule has 2 N–H and O–H groups in total. The lowest BCUT2D eigenvalue weighted by Gasteiger charge is -2.14. The number of rotatable bonds is 4. The second-order valence-corrected chi connectivity index (χ2v) is 8.50. The SMILES string of the molecule is CC(C)NC(=O)c1cccc2c1nc(Nc1ccccc1I)c1cscc12. The first kappa shape index (κ1) is 18.2. The number of anilines is 2. The molecule has 27 heavy (non-hydrogen) atoms. The van der Waals surface area contributed by atoms with Crippen LogP contribution < -0.4 is 10.6 Å². The first-order valence-electron chi connectivity index (χ1n) is 8.65. The average molecular weight is 487 g/mol. The Kier molecular flexibility index (Phi) is 5.01. The Balaban J connectivity index is 1.92. The molecule has 4 nitrogen and oxygen atoms in total. The predicted octanol–water partition coefficient (Wildman–Crippen LogP) is 5.94. The highest BCUT2D eigenvalue weighted by Crippen LogP contribution is 2.35. The first-order valence-corrected chi connectivity index (χ1v) is 10.7. The van der Waals surface area contributed by atoms with Crippen molar-refractivity contribution < 1.29 is 4.79 Å². The van der Waals surface area contributed by atoms with E-state index in [1.54, 1.807) is 11.3 Å². The normalized spacial score (nSPS) is 11.3. The molecule has 0 aliphatic heterocycles. The van der Waals surface area contributed by atoms with Crippen molar-refractivity contribution in [2.75, 3.05) is 5.32 Å². The Morgan fingerprint density at radius 3 is 2.59 bits per heavy atom. The van der Waals surface area contributed by atoms with Crippen LogP contribution in [0, 0.1) is 3.57 Å². The fourth-order valence-corrected chi connectivity index (χ4v) is 4.41. The van der Waals surface area contributed by atoms with Gasteiger partial charge >= 0.3 is 0 Å². The molecule has 0 aliphatic carbocycles. The van der Waals surface area contributed by atoms with E-state index in [2.05, 4.69) is 50.1 Å². The van der Waals surface area contributed by atoms with E-state index in [0.29, 0.717) is 5.56 Å². The lowest BCUT2D eigenvalue weighted by Crippen LogP contribution is -2.30. The molecule has 1 amide bonds. The van der Waals surface area contributed by atoms with Crippen LogP contribution in [0.3, 0.4) is 0 Å². The lowest BCUT2D eigenvalue weighted by molar-refractivity contribution is 0.0944. The second-order valence-electron chi connectivity index (χ2n) is 6.59. The van der Waals surface area contributed by atoms with Gasteiger partial charge in [-0.1, -0.05) is 24.3 Å². The van der Waals surface area contributed by atoms with Gasteiger partial charge in [-0.2, -0.15) is 11.3 Å². The van der Waals surface area contributed by atoms with E-state index in [-0.39, 0.29) is 11.9 Å². The topological polar surface area (TPSA) is 54.0 Å². The molecule has 2 heterocycles. The Bertz CT molecular complexity index is 1150. The number of para-hydroxylation sites is 2. The number of fused-ring (bicyclic) bond motifs is 3. The Hall–Kier alpha value is -2.19. The van der Waals surface area contributed by atoms with Gasteiger partial charge in [-0.25, -0.2) is 4.98 Å². The summed E-state index contributed by atoms with van der Waals surface area (Å²) in [6.45, 7) is 3.91. The van der Waals surface area contributed by atoms with Gasteiger partial charge < -0.3 is 10.6 Å². The zero-order chi connectivity index (χ0) is 19.0. The number of halogens is 1. The Labute approximate surface area is 175 Å². The van der Waals surface area contributed by atoms with Gasteiger partial charge in [0.05, 0.1) is 16.8 Å². The van der Waals surface area contributed by atoms with E-state index in [1.807, 2.05) is 50.2 Å². The van der Waals surface area contributed by atoms with Gasteiger partial charge in [0.15, 0.2) is 0 Å². The summed E-state index contributed by atoms with van der Waals surface area (Å²) in [5.41, 5.74) is 2.32. The molecular weight excluding hydrogens is 469 g/mol. The van der Waals surface area contributed by atoms with E-state index >= 15 is 0 Å². The quantitative estimate of drug-likeness (QED) is 0.351. The molecule has 0 spiro atoms. The smallest absolute Gasteiger partial charge is 0.253 e. The summed E-state index contributed by atoms with van der Waals surface area (Å²) < 4.78 is 1.12. The molecule has 0 radical (unpaired) electrons. The molecule has 0 saturated carbocycles. The maximum atomic E-state index is 12.7. The highest BCUT2D eigenvalue weighted by Gasteiger charge is 2.17. The van der Waals surface area contributed by atoms with Crippen molar-refractivity contribution in [3.63, 3.8) is 0 Å². The molecular formula is C21H18IN3OS. The molecule has 0 unspecified atom stereocenters. The van der Waals surface area contributed by atoms with Crippen LogP contribution in [0.15, 0.2) is 53.2 Å². The molecule has 4 rings (SSSR count). The highest BCUT2D eigenvalue weighted by atomic mass is 127. The lowest BCUT2D eigenvalue weighted by atomic mass is 10.0. The van der Waals surface area contributed by atoms with Gasteiger partial charge in [-0.3, -0.25) is 4.79 Å². The summed E-state index contributed by atoms with van der Waals surface area (Å²) in [5.74, 6) is 0.672. The van der Waals surface area contributed by atoms with E-state index < -0.39 is 0 Å². The van der Waals surface area contributed by atoms with E-state index in [4.69, 9.17) is 4.98 Å². The number of amides is 1. The van der Waals surface area contributed by atoms with Gasteiger partial charge in [0.2, 0.25) is 0 Å². The van der Waals surface area contributed by atoms with Gasteiger partial charge in [-0.05, 0) is 60.0 Å². The molecule has 0 saturated heterocycles. The standard InChI is InChI=1S/C21H18IN3OS/c1-12(2)23-21(26)14-7-5-6-13-15-10-27-11-16(15)20(25-19(13)14)24-18-9-4-3-8-17(18)22/h3-12H,1-2H3,(H,23,26)(H,24,25). The minimum Gasteiger partial charge on any atom is -0.350 e. The van der Waals surface area contributed by atoms with Crippen LogP contribution in [-0.2, 0) is 0 Å². The molecule has 0 bridgehead atoms. The largest absolute Gasteiger partial charge is 0.350 e. The van der Waals surface area contributed by atoms with Gasteiger partial charge in [0.25, 0.3) is 5.91 Å². The van der Waals surface area contributed by atoms with Crippen LogP contribution >= 0.6 is 33.9 Å². The zero-order valence-corrected chi connectivity index (χ0v) is 17.9. The number of hydrogen-bond acceptors (Lipinski definition) is 4. The van der Waals surface area contributed by atoms with Gasteiger partial charge in [-0.15, -0.1) is 0 Å². The maximum absolute atomic E-state index is 12.7. The van der Waals surface area contributed by atoms with Gasteiger partial charge in [0, 0.05) is 31.2 Å². The summed E-state index contributed by atoms with van der Waals surface area (Å²) in [6.07, 6.45) is 0. The summed E-state index contributed by atoms with van der Waals surface area (Å²) >= 11 is 3.95. The fourth-order valence-electron chi connectivity index (χ4n) is 3.05. The van der Waals surface area contributed by atoms with Crippen molar-refractivity contribution in [1.29, 1.82) is 0 Å². The number of hydrogen-bond donors (Lipinski definition) is 2. The minimum atomic E-state index is -0.0991. The van der Waals surface area contributed by atoms with Crippen molar-refractivity contribution in [3.05, 3.63) is 62.4 Å². The molecule has 2 aromatic carbocycles. The third kappa shape index (κ3) is 3.51. The van der Waals surface area contributed by atoms with Crippen LogP contribution in [0.25, 0.3) is 21.7 Å². The van der Waals surface area contributed by atoms with E-state index in [9.17, 15) is 4.79 Å². The number of thiophene rings is 1. The van der Waals surface area contributed by atoms with Crippen molar-refractivity contribution in [2.24, 2.45) is 0 Å². The number of nitrogens with one attached hydrogen (secondary N) is 2. The third-order valence-corrected chi connectivity index (χ3v) is 5.94. The first-order chi connectivity index (χ1) is 13.0. The summed E-state index contributed by atoms with van der Waals surface area (Å²) in [7, 11) is 0. The molecule has 2 aromatic heterocycles. The molecule has 4 aromatic rings. The zero-order valence-electron chi connectivity index (χ0n) is 14.9. The van der Waals surface area contributed by atoms with Gasteiger partial charge in [0.1, 0.15) is 5.82 Å². The van der Waals surface area contributed by atoms with E-state index in [0.717, 1.165) is 36.8 Å². The molecule has 0 atom stereocenters. The minimum absolute atomic E-state index is 0.0705. The predicted molar refractivity (Wildman–Crippen MR) is 122 cm³/mol. The maximum Gasteiger partial charge on any atom is 0.253 e. The highest BCUT2D eigenvalue weighted by molar-refractivity contribution is 14.1. The molecule has 0 fully saturated rings. The van der Waals surface area contributed by atoms with Crippen LogP contribution in [0.2, 0.25) is 0 Å². The summed E-state index contributed by atoms with van der Waals surface area (Å²) in [6, 6.07) is 13.9. The Morgan fingerprint density at radius 2 is 1.81 bits per heavy atom. The summed E-state index contributed by atoms with van der Waals surface area (Å²) in [4.78, 5) is 17.6. The fraction of sp³-hybridized carbons (Fsp3) is 0.143. The number of aromatic nitrogens is 1. The van der Waals surface area contributed by atoms with Crippen molar-refractivity contribution in [1.82, 2.24) is 10.3 Å². The van der Waals surface area contributed by atoms with Crippen LogP contribution in [0.5, 0.6) is 0 Å². The third-order valence-electron chi connectivity index (χ3n) is 4.26.